The van der Waals surface area contributed by atoms with Crippen molar-refractivity contribution in [3.05, 3.63) is 0 Å². The molecule has 4 nitrogen and oxygen atoms in total. The van der Waals surface area contributed by atoms with Crippen molar-refractivity contribution in [3.63, 3.8) is 0 Å². The maximum absolute atomic E-state index is 11.3. The SMILES string of the molecule is CCOC(=O)CCCCCC(=O)OC(C)(C)C. The highest BCUT2D eigenvalue weighted by atomic mass is 16.6. The normalized spacial score (nSPS) is 11.1. The lowest BCUT2D eigenvalue weighted by molar-refractivity contribution is -0.154. The third-order valence-electron chi connectivity index (χ3n) is 1.99. The van der Waals surface area contributed by atoms with E-state index >= 15 is 0 Å². The molecule has 0 bridgehead atoms. The zero-order valence-electron chi connectivity index (χ0n) is 11.4. The number of rotatable bonds is 7. The van der Waals surface area contributed by atoms with E-state index in [2.05, 4.69) is 0 Å². The van der Waals surface area contributed by atoms with Gasteiger partial charge in [-0.2, -0.15) is 0 Å². The molecule has 0 aromatic carbocycles. The highest BCUT2D eigenvalue weighted by molar-refractivity contribution is 5.70. The molecular formula is C13H24O4. The third kappa shape index (κ3) is 11.2. The minimum absolute atomic E-state index is 0.162. The molecule has 0 spiro atoms. The predicted octanol–water partition coefficient (Wildman–Crippen LogP) is 2.84. The number of carbonyl (C=O) groups excluding carboxylic acids is 2. The van der Waals surface area contributed by atoms with E-state index in [-0.39, 0.29) is 11.9 Å². The summed E-state index contributed by atoms with van der Waals surface area (Å²) in [6.45, 7) is 7.78. The van der Waals surface area contributed by atoms with E-state index in [1.54, 1.807) is 6.92 Å². The molecule has 0 radical (unpaired) electrons. The molecule has 0 amide bonds. The van der Waals surface area contributed by atoms with E-state index in [1.165, 1.54) is 0 Å². The maximum Gasteiger partial charge on any atom is 0.306 e. The smallest absolute Gasteiger partial charge is 0.306 e. The van der Waals surface area contributed by atoms with Crippen LogP contribution < -0.4 is 0 Å². The number of unbranched alkanes of at least 4 members (excludes halogenated alkanes) is 2. The maximum atomic E-state index is 11.3. The largest absolute Gasteiger partial charge is 0.466 e. The molecule has 0 aliphatic heterocycles. The Kier molecular flexibility index (Phi) is 7.59. The van der Waals surface area contributed by atoms with E-state index in [9.17, 15) is 9.59 Å². The van der Waals surface area contributed by atoms with Crippen molar-refractivity contribution in [3.8, 4) is 0 Å². The topological polar surface area (TPSA) is 52.6 Å². The molecule has 0 fully saturated rings. The highest BCUT2D eigenvalue weighted by Crippen LogP contribution is 2.11. The molecule has 0 saturated heterocycles. The standard InChI is InChI=1S/C13H24O4/c1-5-16-11(14)9-7-6-8-10-12(15)17-13(2,3)4/h5-10H2,1-4H3. The summed E-state index contributed by atoms with van der Waals surface area (Å²) in [6, 6.07) is 0. The predicted molar refractivity (Wildman–Crippen MR) is 65.6 cm³/mol. The summed E-state index contributed by atoms with van der Waals surface area (Å²) < 4.78 is 9.98. The van der Waals surface area contributed by atoms with Gasteiger partial charge in [-0.15, -0.1) is 0 Å². The summed E-state index contributed by atoms with van der Waals surface area (Å²) in [6.07, 6.45) is 3.22. The second-order valence-corrected chi connectivity index (χ2v) is 4.95. The average Bonchev–Trinajstić information content (AvgIpc) is 2.14. The van der Waals surface area contributed by atoms with Gasteiger partial charge in [0.15, 0.2) is 0 Å². The monoisotopic (exact) mass is 244 g/mol. The van der Waals surface area contributed by atoms with Crippen LogP contribution in [0.15, 0.2) is 0 Å². The fourth-order valence-electron chi connectivity index (χ4n) is 1.34. The van der Waals surface area contributed by atoms with Crippen molar-refractivity contribution in [2.75, 3.05) is 6.61 Å². The summed E-state index contributed by atoms with van der Waals surface area (Å²) in [5, 5.41) is 0. The van der Waals surface area contributed by atoms with Crippen LogP contribution in [0.4, 0.5) is 0 Å². The number of carbonyl (C=O) groups is 2. The molecule has 0 heterocycles. The zero-order chi connectivity index (χ0) is 13.3. The van der Waals surface area contributed by atoms with Gasteiger partial charge in [-0.1, -0.05) is 6.42 Å². The Labute approximate surface area is 104 Å². The van der Waals surface area contributed by atoms with Crippen LogP contribution in [0.1, 0.15) is 59.8 Å². The highest BCUT2D eigenvalue weighted by Gasteiger charge is 2.15. The van der Waals surface area contributed by atoms with Crippen LogP contribution >= 0.6 is 0 Å². The van der Waals surface area contributed by atoms with Crippen molar-refractivity contribution < 1.29 is 19.1 Å². The van der Waals surface area contributed by atoms with Crippen molar-refractivity contribution in [2.24, 2.45) is 0 Å². The molecule has 0 rings (SSSR count). The zero-order valence-corrected chi connectivity index (χ0v) is 11.4. The number of esters is 2. The number of hydrogen-bond donors (Lipinski definition) is 0. The minimum atomic E-state index is -0.415. The Morgan fingerprint density at radius 2 is 1.47 bits per heavy atom. The summed E-state index contributed by atoms with van der Waals surface area (Å²) in [5.74, 6) is -0.335. The van der Waals surface area contributed by atoms with E-state index < -0.39 is 5.60 Å². The second-order valence-electron chi connectivity index (χ2n) is 4.95. The van der Waals surface area contributed by atoms with Gasteiger partial charge in [0.25, 0.3) is 0 Å². The van der Waals surface area contributed by atoms with Crippen LogP contribution in [0.2, 0.25) is 0 Å². The lowest BCUT2D eigenvalue weighted by Crippen LogP contribution is -2.23. The molecular weight excluding hydrogens is 220 g/mol. The molecule has 0 aromatic rings. The van der Waals surface area contributed by atoms with Gasteiger partial charge in [-0.05, 0) is 40.5 Å². The molecule has 0 aliphatic carbocycles. The molecule has 0 unspecified atom stereocenters. The van der Waals surface area contributed by atoms with Gasteiger partial charge in [0, 0.05) is 12.8 Å². The van der Waals surface area contributed by atoms with Crippen LogP contribution in [0, 0.1) is 0 Å². The van der Waals surface area contributed by atoms with E-state index in [0.717, 1.165) is 19.3 Å². The van der Waals surface area contributed by atoms with Gasteiger partial charge < -0.3 is 9.47 Å². The second kappa shape index (κ2) is 8.09. The Bertz CT molecular complexity index is 240. The van der Waals surface area contributed by atoms with Gasteiger partial charge in [-0.25, -0.2) is 0 Å². The Morgan fingerprint density at radius 1 is 0.941 bits per heavy atom. The van der Waals surface area contributed by atoms with Crippen LogP contribution in [0.25, 0.3) is 0 Å². The van der Waals surface area contributed by atoms with Crippen molar-refractivity contribution >= 4 is 11.9 Å². The first kappa shape index (κ1) is 15.9. The third-order valence-corrected chi connectivity index (χ3v) is 1.99. The fraction of sp³-hybridized carbons (Fsp3) is 0.846. The van der Waals surface area contributed by atoms with Crippen LogP contribution in [-0.4, -0.2) is 24.1 Å². The lowest BCUT2D eigenvalue weighted by atomic mass is 10.1. The Morgan fingerprint density at radius 3 is 1.94 bits per heavy atom. The minimum Gasteiger partial charge on any atom is -0.466 e. The first-order chi connectivity index (χ1) is 7.85. The van der Waals surface area contributed by atoms with E-state index in [1.807, 2.05) is 20.8 Å². The van der Waals surface area contributed by atoms with Gasteiger partial charge >= 0.3 is 11.9 Å². The average molecular weight is 244 g/mol. The Balaban J connectivity index is 3.46. The van der Waals surface area contributed by atoms with Gasteiger partial charge in [0.1, 0.15) is 5.60 Å². The van der Waals surface area contributed by atoms with Crippen molar-refractivity contribution in [2.45, 2.75) is 65.4 Å². The number of ether oxygens (including phenoxy) is 2. The molecule has 0 N–H and O–H groups in total. The van der Waals surface area contributed by atoms with E-state index in [4.69, 9.17) is 9.47 Å². The van der Waals surface area contributed by atoms with Crippen LogP contribution in [0.5, 0.6) is 0 Å². The van der Waals surface area contributed by atoms with Gasteiger partial charge in [0.2, 0.25) is 0 Å². The molecule has 0 aromatic heterocycles. The van der Waals surface area contributed by atoms with Gasteiger partial charge in [-0.3, -0.25) is 9.59 Å². The Hall–Kier alpha value is -1.06. The first-order valence-electron chi connectivity index (χ1n) is 6.22. The summed E-state index contributed by atoms with van der Waals surface area (Å²) in [7, 11) is 0. The first-order valence-corrected chi connectivity index (χ1v) is 6.22. The molecule has 17 heavy (non-hydrogen) atoms. The van der Waals surface area contributed by atoms with Crippen LogP contribution in [-0.2, 0) is 19.1 Å². The quantitative estimate of drug-likeness (QED) is 0.510. The number of hydrogen-bond acceptors (Lipinski definition) is 4. The van der Waals surface area contributed by atoms with E-state index in [0.29, 0.717) is 19.4 Å². The fourth-order valence-corrected chi connectivity index (χ4v) is 1.34. The molecule has 4 heteroatoms. The molecule has 0 atom stereocenters. The summed E-state index contributed by atoms with van der Waals surface area (Å²) in [5.41, 5.74) is -0.415. The molecule has 100 valence electrons. The molecule has 0 aliphatic rings. The molecule has 0 saturated carbocycles. The summed E-state index contributed by atoms with van der Waals surface area (Å²) >= 11 is 0. The van der Waals surface area contributed by atoms with Crippen LogP contribution in [0.3, 0.4) is 0 Å². The summed E-state index contributed by atoms with van der Waals surface area (Å²) in [4.78, 5) is 22.4. The lowest BCUT2D eigenvalue weighted by Gasteiger charge is -2.19. The van der Waals surface area contributed by atoms with Crippen molar-refractivity contribution in [1.29, 1.82) is 0 Å². The van der Waals surface area contributed by atoms with Crippen molar-refractivity contribution in [1.82, 2.24) is 0 Å². The van der Waals surface area contributed by atoms with Gasteiger partial charge in [0.05, 0.1) is 6.61 Å².